The zero-order valence-electron chi connectivity index (χ0n) is 10.4. The molecule has 0 radical (unpaired) electrons. The Kier molecular flexibility index (Phi) is 4.11. The predicted molar refractivity (Wildman–Crippen MR) is 59.1 cm³/mol. The number of piperidine rings is 1. The van der Waals surface area contributed by atoms with Gasteiger partial charge in [-0.3, -0.25) is 4.90 Å². The average Bonchev–Trinajstić information content (AvgIpc) is 2.15. The lowest BCUT2D eigenvalue weighted by molar-refractivity contribution is -0.246. The molecule has 1 heterocycles. The van der Waals surface area contributed by atoms with E-state index >= 15 is 0 Å². The number of carboxylic acid groups (broad SMARTS) is 1. The topological polar surface area (TPSA) is 70.0 Å². The van der Waals surface area contributed by atoms with Gasteiger partial charge in [0.2, 0.25) is 12.1 Å². The second kappa shape index (κ2) is 4.88. The molecule has 0 spiro atoms. The van der Waals surface area contributed by atoms with Gasteiger partial charge in [0.25, 0.3) is 0 Å². The summed E-state index contributed by atoms with van der Waals surface area (Å²) >= 11 is 0. The standard InChI is InChI=1S/C11H20FNO4/c1-10(2,3)17-9(16)13-6-4-11(12,5-7-13)8(14)15/h9,16H,4-7H2,1-3H3,(H,14,15). The number of nitrogens with zero attached hydrogens (tertiary/aromatic N) is 1. The summed E-state index contributed by atoms with van der Waals surface area (Å²) in [4.78, 5) is 12.2. The van der Waals surface area contributed by atoms with Gasteiger partial charge in [-0.1, -0.05) is 0 Å². The van der Waals surface area contributed by atoms with Crippen molar-refractivity contribution in [3.05, 3.63) is 0 Å². The van der Waals surface area contributed by atoms with Crippen LogP contribution in [0.4, 0.5) is 4.39 Å². The summed E-state index contributed by atoms with van der Waals surface area (Å²) in [6.45, 7) is 5.74. The highest BCUT2D eigenvalue weighted by Gasteiger charge is 2.43. The summed E-state index contributed by atoms with van der Waals surface area (Å²) < 4.78 is 19.0. The van der Waals surface area contributed by atoms with Crippen LogP contribution in [-0.4, -0.2) is 51.9 Å². The molecule has 0 aromatic heterocycles. The van der Waals surface area contributed by atoms with Crippen LogP contribution in [0.25, 0.3) is 0 Å². The zero-order chi connectivity index (χ0) is 13.3. The van der Waals surface area contributed by atoms with E-state index in [2.05, 4.69) is 0 Å². The maximum absolute atomic E-state index is 13.7. The van der Waals surface area contributed by atoms with Crippen molar-refractivity contribution in [1.82, 2.24) is 4.90 Å². The molecule has 0 aromatic rings. The van der Waals surface area contributed by atoms with Crippen molar-refractivity contribution in [2.75, 3.05) is 13.1 Å². The molecule has 0 bridgehead atoms. The lowest BCUT2D eigenvalue weighted by Crippen LogP contribution is -2.51. The Balaban J connectivity index is 2.49. The molecule has 1 aliphatic heterocycles. The first kappa shape index (κ1) is 14.3. The number of aliphatic hydroxyl groups excluding tert-OH is 1. The third-order valence-electron chi connectivity index (χ3n) is 2.75. The van der Waals surface area contributed by atoms with Crippen molar-refractivity contribution in [3.8, 4) is 0 Å². The van der Waals surface area contributed by atoms with Gasteiger partial charge < -0.3 is 14.9 Å². The average molecular weight is 249 g/mol. The van der Waals surface area contributed by atoms with Gasteiger partial charge in [0.05, 0.1) is 5.60 Å². The molecule has 5 nitrogen and oxygen atoms in total. The van der Waals surface area contributed by atoms with E-state index < -0.39 is 23.7 Å². The fraction of sp³-hybridized carbons (Fsp3) is 0.909. The molecule has 1 aliphatic rings. The van der Waals surface area contributed by atoms with E-state index in [1.54, 1.807) is 20.8 Å². The quantitative estimate of drug-likeness (QED) is 0.729. The number of likely N-dealkylation sites (tertiary alicyclic amines) is 1. The molecule has 0 aromatic carbocycles. The van der Waals surface area contributed by atoms with Gasteiger partial charge in [-0.15, -0.1) is 0 Å². The minimum absolute atomic E-state index is 0.132. The number of carbonyl (C=O) groups is 1. The van der Waals surface area contributed by atoms with E-state index in [1.165, 1.54) is 4.90 Å². The molecular formula is C11H20FNO4. The Morgan fingerprint density at radius 2 is 1.88 bits per heavy atom. The summed E-state index contributed by atoms with van der Waals surface area (Å²) in [5.74, 6) is -1.43. The largest absolute Gasteiger partial charge is 0.479 e. The molecule has 0 saturated carbocycles. The third kappa shape index (κ3) is 3.90. The van der Waals surface area contributed by atoms with Crippen molar-refractivity contribution < 1.29 is 24.1 Å². The van der Waals surface area contributed by atoms with E-state index in [9.17, 15) is 14.3 Å². The molecule has 1 unspecified atom stereocenters. The van der Waals surface area contributed by atoms with E-state index in [0.29, 0.717) is 0 Å². The third-order valence-corrected chi connectivity index (χ3v) is 2.75. The summed E-state index contributed by atoms with van der Waals surface area (Å²) in [5.41, 5.74) is -2.67. The van der Waals surface area contributed by atoms with Crippen molar-refractivity contribution in [1.29, 1.82) is 0 Å². The summed E-state index contributed by atoms with van der Waals surface area (Å²) in [5, 5.41) is 18.5. The summed E-state index contributed by atoms with van der Waals surface area (Å²) in [7, 11) is 0. The van der Waals surface area contributed by atoms with Crippen LogP contribution in [0.5, 0.6) is 0 Å². The first-order valence-corrected chi connectivity index (χ1v) is 5.66. The fourth-order valence-electron chi connectivity index (χ4n) is 1.70. The first-order valence-electron chi connectivity index (χ1n) is 5.66. The smallest absolute Gasteiger partial charge is 0.341 e. The number of rotatable bonds is 3. The normalized spacial score (nSPS) is 23.4. The van der Waals surface area contributed by atoms with Crippen LogP contribution in [0.1, 0.15) is 33.6 Å². The fourth-order valence-corrected chi connectivity index (χ4v) is 1.70. The highest BCUT2D eigenvalue weighted by molar-refractivity contribution is 5.77. The van der Waals surface area contributed by atoms with Crippen molar-refractivity contribution >= 4 is 5.97 Å². The molecule has 0 aliphatic carbocycles. The van der Waals surface area contributed by atoms with Crippen molar-refractivity contribution in [2.45, 2.75) is 51.3 Å². The molecule has 1 atom stereocenters. The Hall–Kier alpha value is -0.720. The molecule has 1 rings (SSSR count). The maximum atomic E-state index is 13.7. The SMILES string of the molecule is CC(C)(C)OC(O)N1CCC(F)(C(=O)O)CC1. The number of halogens is 1. The second-order valence-electron chi connectivity index (χ2n) is 5.36. The molecule has 17 heavy (non-hydrogen) atoms. The highest BCUT2D eigenvalue weighted by Crippen LogP contribution is 2.28. The van der Waals surface area contributed by atoms with Gasteiger partial charge in [-0.25, -0.2) is 9.18 Å². The Morgan fingerprint density at radius 1 is 1.41 bits per heavy atom. The number of alkyl halides is 1. The van der Waals surface area contributed by atoms with Crippen LogP contribution in [0.3, 0.4) is 0 Å². The first-order chi connectivity index (χ1) is 7.64. The van der Waals surface area contributed by atoms with Crippen LogP contribution in [-0.2, 0) is 9.53 Å². The van der Waals surface area contributed by atoms with Crippen LogP contribution >= 0.6 is 0 Å². The lowest BCUT2D eigenvalue weighted by atomic mass is 9.94. The highest BCUT2D eigenvalue weighted by atomic mass is 19.1. The number of ether oxygens (including phenoxy) is 1. The van der Waals surface area contributed by atoms with Crippen LogP contribution < -0.4 is 0 Å². The zero-order valence-corrected chi connectivity index (χ0v) is 10.4. The number of hydrogen-bond acceptors (Lipinski definition) is 4. The van der Waals surface area contributed by atoms with Gasteiger partial charge in [0, 0.05) is 25.9 Å². The summed E-state index contributed by atoms with van der Waals surface area (Å²) in [6.07, 6.45) is -1.38. The lowest BCUT2D eigenvalue weighted by Gasteiger charge is -2.38. The Morgan fingerprint density at radius 3 is 2.24 bits per heavy atom. The van der Waals surface area contributed by atoms with Crippen LogP contribution in [0.15, 0.2) is 0 Å². The molecule has 1 saturated heterocycles. The van der Waals surface area contributed by atoms with E-state index in [1.807, 2.05) is 0 Å². The predicted octanol–water partition coefficient (Wildman–Crippen LogP) is 0.966. The Bertz CT molecular complexity index is 282. The van der Waals surface area contributed by atoms with Gasteiger partial charge in [-0.05, 0) is 20.8 Å². The van der Waals surface area contributed by atoms with E-state index in [0.717, 1.165) is 0 Å². The second-order valence-corrected chi connectivity index (χ2v) is 5.36. The molecule has 6 heteroatoms. The number of aliphatic hydroxyl groups is 1. The van der Waals surface area contributed by atoms with Crippen LogP contribution in [0, 0.1) is 0 Å². The van der Waals surface area contributed by atoms with Gasteiger partial charge in [-0.2, -0.15) is 0 Å². The van der Waals surface area contributed by atoms with Gasteiger partial charge in [0.15, 0.2) is 0 Å². The Labute approximate surface area is 100 Å². The van der Waals surface area contributed by atoms with Crippen molar-refractivity contribution in [2.24, 2.45) is 0 Å². The molecule has 1 fully saturated rings. The number of aliphatic carboxylic acids is 1. The van der Waals surface area contributed by atoms with Gasteiger partial charge >= 0.3 is 5.97 Å². The van der Waals surface area contributed by atoms with Crippen LogP contribution in [0.2, 0.25) is 0 Å². The monoisotopic (exact) mass is 249 g/mol. The maximum Gasteiger partial charge on any atom is 0.341 e. The molecule has 2 N–H and O–H groups in total. The summed E-state index contributed by atoms with van der Waals surface area (Å²) in [6, 6.07) is 0. The van der Waals surface area contributed by atoms with E-state index in [4.69, 9.17) is 9.84 Å². The number of carboxylic acids is 1. The van der Waals surface area contributed by atoms with E-state index in [-0.39, 0.29) is 25.9 Å². The minimum atomic E-state index is -2.17. The van der Waals surface area contributed by atoms with Crippen molar-refractivity contribution in [3.63, 3.8) is 0 Å². The minimum Gasteiger partial charge on any atom is -0.479 e. The number of hydrogen-bond donors (Lipinski definition) is 2. The molecular weight excluding hydrogens is 229 g/mol. The van der Waals surface area contributed by atoms with Gasteiger partial charge in [0.1, 0.15) is 0 Å². The molecule has 100 valence electrons. The molecule has 0 amide bonds.